The minimum Gasteiger partial charge on any atom is -0.456 e. The van der Waals surface area contributed by atoms with E-state index in [1.807, 2.05) is 0 Å². The van der Waals surface area contributed by atoms with Crippen LogP contribution in [0.15, 0.2) is 235 Å². The van der Waals surface area contributed by atoms with E-state index < -0.39 is 5.41 Å². The van der Waals surface area contributed by atoms with Crippen LogP contribution in [0.4, 0.5) is 0 Å². The van der Waals surface area contributed by atoms with E-state index in [4.69, 9.17) is 4.42 Å². The van der Waals surface area contributed by atoms with Gasteiger partial charge in [-0.05, 0) is 144 Å². The Kier molecular flexibility index (Phi) is 6.89. The van der Waals surface area contributed by atoms with Gasteiger partial charge in [-0.15, -0.1) is 0 Å². The average Bonchev–Trinajstić information content (AvgIpc) is 4.21. The summed E-state index contributed by atoms with van der Waals surface area (Å²) in [5.41, 5.74) is 21.4. The highest BCUT2D eigenvalue weighted by Gasteiger charge is 2.52. The van der Waals surface area contributed by atoms with Crippen LogP contribution < -0.4 is 0 Å². The van der Waals surface area contributed by atoms with Gasteiger partial charge in [-0.1, -0.05) is 164 Å². The van der Waals surface area contributed by atoms with Crippen molar-refractivity contribution in [2.45, 2.75) is 5.41 Å². The average molecular weight is 887 g/mol. The number of benzene rings is 12. The molecule has 0 amide bonds. The molecule has 3 heterocycles. The molecule has 2 aliphatic carbocycles. The Labute approximate surface area is 401 Å². The van der Waals surface area contributed by atoms with Gasteiger partial charge in [-0.3, -0.25) is 0 Å². The second kappa shape index (κ2) is 13.1. The van der Waals surface area contributed by atoms with Gasteiger partial charge in [-0.2, -0.15) is 0 Å². The van der Waals surface area contributed by atoms with Gasteiger partial charge in [0.1, 0.15) is 11.2 Å². The first-order valence-corrected chi connectivity index (χ1v) is 24.3. The van der Waals surface area contributed by atoms with Gasteiger partial charge in [0.25, 0.3) is 0 Å². The minimum atomic E-state index is -0.542. The van der Waals surface area contributed by atoms with E-state index in [0.717, 1.165) is 22.5 Å². The second-order valence-electron chi connectivity index (χ2n) is 19.4. The smallest absolute Gasteiger partial charge is 0.136 e. The van der Waals surface area contributed by atoms with Crippen LogP contribution in [0.25, 0.3) is 132 Å². The molecule has 0 fully saturated rings. The highest BCUT2D eigenvalue weighted by Crippen LogP contribution is 2.64. The van der Waals surface area contributed by atoms with E-state index in [9.17, 15) is 0 Å². The molecule has 0 saturated carbocycles. The lowest BCUT2D eigenvalue weighted by atomic mass is 9.70. The highest BCUT2D eigenvalue weighted by molar-refractivity contribution is 6.33. The second-order valence-corrected chi connectivity index (χ2v) is 19.4. The summed E-state index contributed by atoms with van der Waals surface area (Å²) in [6, 6.07) is 86.3. The van der Waals surface area contributed by atoms with E-state index in [2.05, 4.69) is 240 Å². The Morgan fingerprint density at radius 3 is 1.51 bits per heavy atom. The van der Waals surface area contributed by atoms with Crippen LogP contribution >= 0.6 is 0 Å². The molecule has 0 N–H and O–H groups in total. The number of aromatic nitrogens is 2. The van der Waals surface area contributed by atoms with Gasteiger partial charge in [0, 0.05) is 43.7 Å². The Hall–Kier alpha value is -9.18. The summed E-state index contributed by atoms with van der Waals surface area (Å²) in [6.45, 7) is 0. The summed E-state index contributed by atoms with van der Waals surface area (Å²) < 4.78 is 11.4. The van der Waals surface area contributed by atoms with Crippen LogP contribution in [0.3, 0.4) is 0 Å². The summed E-state index contributed by atoms with van der Waals surface area (Å²) in [5.74, 6) is 0. The summed E-state index contributed by atoms with van der Waals surface area (Å²) >= 11 is 0. The molecule has 70 heavy (non-hydrogen) atoms. The predicted octanol–water partition coefficient (Wildman–Crippen LogP) is 17.5. The number of para-hydroxylation sites is 3. The molecular formula is C67H38N2O. The number of hydrogen-bond donors (Lipinski definition) is 0. The quantitative estimate of drug-likeness (QED) is 0.162. The third kappa shape index (κ3) is 4.42. The number of rotatable bonds is 3. The number of hydrogen-bond acceptors (Lipinski definition) is 1. The summed E-state index contributed by atoms with van der Waals surface area (Å²) in [6.07, 6.45) is 0. The topological polar surface area (TPSA) is 23.0 Å². The molecule has 3 nitrogen and oxygen atoms in total. The normalized spacial score (nSPS) is 13.5. The maximum atomic E-state index is 6.45. The number of furan rings is 1. The molecule has 0 aliphatic heterocycles. The fourth-order valence-electron chi connectivity index (χ4n) is 13.6. The molecule has 0 radical (unpaired) electrons. The van der Waals surface area contributed by atoms with Crippen molar-refractivity contribution in [3.63, 3.8) is 0 Å². The highest BCUT2D eigenvalue weighted by atomic mass is 16.3. The Bertz CT molecular complexity index is 4730. The molecule has 0 saturated heterocycles. The van der Waals surface area contributed by atoms with Crippen LogP contribution in [0.1, 0.15) is 22.3 Å². The Balaban J connectivity index is 0.958. The molecule has 0 unspecified atom stereocenters. The summed E-state index contributed by atoms with van der Waals surface area (Å²) in [5, 5.41) is 12.3. The van der Waals surface area contributed by atoms with Gasteiger partial charge >= 0.3 is 0 Å². The third-order valence-electron chi connectivity index (χ3n) is 16.3. The molecule has 1 spiro atoms. The maximum Gasteiger partial charge on any atom is 0.136 e. The zero-order chi connectivity index (χ0) is 45.4. The van der Waals surface area contributed by atoms with E-state index in [1.165, 1.54) is 132 Å². The van der Waals surface area contributed by atoms with Gasteiger partial charge in [-0.25, -0.2) is 0 Å². The fraction of sp³-hybridized carbons (Fsp3) is 0.0149. The van der Waals surface area contributed by atoms with Crippen LogP contribution in [0.5, 0.6) is 0 Å². The van der Waals surface area contributed by atoms with Crippen molar-refractivity contribution in [3.05, 3.63) is 253 Å². The van der Waals surface area contributed by atoms with Crippen LogP contribution in [0.2, 0.25) is 0 Å². The molecule has 0 atom stereocenters. The van der Waals surface area contributed by atoms with Crippen molar-refractivity contribution in [1.82, 2.24) is 9.13 Å². The lowest BCUT2D eigenvalue weighted by Gasteiger charge is -2.31. The van der Waals surface area contributed by atoms with E-state index in [1.54, 1.807) is 0 Å². The molecule has 322 valence electrons. The number of fused-ring (bicyclic) bond motifs is 19. The molecule has 15 aromatic rings. The monoisotopic (exact) mass is 886 g/mol. The van der Waals surface area contributed by atoms with Crippen LogP contribution in [0, 0.1) is 0 Å². The SMILES string of the molecule is c1ccc(-n2c3ccccc3c3cc4c(cc32)c2ccccc2n4-c2ccc3c(c2)C2(c4ccccc4-c4ccccc42)c2cccc(-c4ccc5c(c4)c4cccc6oc7cccc5c7c64)c2-3)cc1. The molecule has 12 aromatic carbocycles. The van der Waals surface area contributed by atoms with Crippen molar-refractivity contribution in [2.75, 3.05) is 0 Å². The summed E-state index contributed by atoms with van der Waals surface area (Å²) in [4.78, 5) is 0. The lowest BCUT2D eigenvalue weighted by Crippen LogP contribution is -2.26. The van der Waals surface area contributed by atoms with Gasteiger partial charge in [0.05, 0.1) is 27.5 Å². The molecular weight excluding hydrogens is 849 g/mol. The summed E-state index contributed by atoms with van der Waals surface area (Å²) in [7, 11) is 0. The minimum absolute atomic E-state index is 0.542. The van der Waals surface area contributed by atoms with Crippen molar-refractivity contribution in [1.29, 1.82) is 0 Å². The molecule has 3 aromatic heterocycles. The molecule has 3 heteroatoms. The Morgan fingerprint density at radius 2 is 0.829 bits per heavy atom. The van der Waals surface area contributed by atoms with Gasteiger partial charge < -0.3 is 13.6 Å². The lowest BCUT2D eigenvalue weighted by molar-refractivity contribution is 0.669. The zero-order valence-corrected chi connectivity index (χ0v) is 37.7. The van der Waals surface area contributed by atoms with Crippen LogP contribution in [-0.2, 0) is 5.41 Å². The zero-order valence-electron chi connectivity index (χ0n) is 37.7. The first-order chi connectivity index (χ1) is 34.7. The van der Waals surface area contributed by atoms with E-state index >= 15 is 0 Å². The first kappa shape index (κ1) is 36.9. The number of nitrogens with zero attached hydrogens (tertiary/aromatic N) is 2. The van der Waals surface area contributed by atoms with Crippen LogP contribution in [-0.4, -0.2) is 9.13 Å². The van der Waals surface area contributed by atoms with Crippen molar-refractivity contribution in [3.8, 4) is 44.8 Å². The Morgan fingerprint density at radius 1 is 0.286 bits per heavy atom. The van der Waals surface area contributed by atoms with Gasteiger partial charge in [0.2, 0.25) is 0 Å². The van der Waals surface area contributed by atoms with Crippen molar-refractivity contribution < 1.29 is 4.42 Å². The van der Waals surface area contributed by atoms with Crippen molar-refractivity contribution in [2.24, 2.45) is 0 Å². The molecule has 0 bridgehead atoms. The van der Waals surface area contributed by atoms with E-state index in [0.29, 0.717) is 0 Å². The molecule has 17 rings (SSSR count). The van der Waals surface area contributed by atoms with Crippen molar-refractivity contribution >= 4 is 87.1 Å². The predicted molar refractivity (Wildman–Crippen MR) is 290 cm³/mol. The molecule has 2 aliphatic rings. The van der Waals surface area contributed by atoms with Gasteiger partial charge in [0.15, 0.2) is 0 Å². The third-order valence-corrected chi connectivity index (χ3v) is 16.3. The standard InChI is InChI=1S/C67H38N2O/c1-2-15-40(16-3-1)68-58-27-10-6-19-46(58)52-38-61-53(37-60(52)68)47-20-7-11-28-59(47)69(61)41-32-34-50-57(36-41)67(54-24-8-4-17-44(54)45-18-5-9-25-55(45)67)56-26-12-21-42(64(50)56)39-31-33-43-48-22-13-29-62-65(48)66-49(51(43)35-39)23-14-30-63(66)70-62/h1-38H. The largest absolute Gasteiger partial charge is 0.456 e. The fourth-order valence-corrected chi connectivity index (χ4v) is 13.6. The maximum absolute atomic E-state index is 6.45. The van der Waals surface area contributed by atoms with E-state index in [-0.39, 0.29) is 0 Å². The first-order valence-electron chi connectivity index (χ1n) is 24.3.